The summed E-state index contributed by atoms with van der Waals surface area (Å²) in [6.45, 7) is 1.86. The quantitative estimate of drug-likeness (QED) is 0.118. The number of hydrogen-bond donors (Lipinski definition) is 3. The first kappa shape index (κ1) is 34.1. The van der Waals surface area contributed by atoms with Gasteiger partial charge in [0.1, 0.15) is 6.04 Å². The molecule has 0 radical (unpaired) electrons. The lowest BCUT2D eigenvalue weighted by Gasteiger charge is -2.14. The molecular weight excluding hydrogens is 484 g/mol. The van der Waals surface area contributed by atoms with Crippen LogP contribution in [0.5, 0.6) is 0 Å². The average Bonchev–Trinajstić information content (AvgIpc) is 2.90. The molecule has 1 atom stereocenters. The molecule has 208 valence electrons. The van der Waals surface area contributed by atoms with Crippen LogP contribution in [0.3, 0.4) is 0 Å². The first-order chi connectivity index (χ1) is 18.4. The molecule has 8 heteroatoms. The predicted octanol–water partition coefficient (Wildman–Crippen LogP) is 4.88. The van der Waals surface area contributed by atoms with Gasteiger partial charge in [-0.05, 0) is 44.9 Å². The molecule has 0 heterocycles. The molecule has 3 N–H and O–H groups in total. The second kappa shape index (κ2) is 24.7. The predicted molar refractivity (Wildman–Crippen MR) is 151 cm³/mol. The minimum Gasteiger partial charge on any atom is -0.480 e. The highest BCUT2D eigenvalue weighted by Crippen LogP contribution is 1.98. The summed E-state index contributed by atoms with van der Waals surface area (Å²) in [6.07, 6.45) is 33.4. The zero-order chi connectivity index (χ0) is 28.3. The Morgan fingerprint density at radius 3 is 1.66 bits per heavy atom. The molecule has 38 heavy (non-hydrogen) atoms. The number of carbonyl (C=O) groups excluding carboxylic acids is 3. The topological polar surface area (TPSA) is 122 Å². The van der Waals surface area contributed by atoms with Gasteiger partial charge in [-0.15, -0.1) is 0 Å². The van der Waals surface area contributed by atoms with Crippen molar-refractivity contribution in [2.45, 2.75) is 64.3 Å². The van der Waals surface area contributed by atoms with Gasteiger partial charge in [-0.3, -0.25) is 9.59 Å². The second-order valence-corrected chi connectivity index (χ2v) is 8.01. The van der Waals surface area contributed by atoms with E-state index in [1.807, 2.05) is 12.2 Å². The van der Waals surface area contributed by atoms with Gasteiger partial charge in [0.25, 0.3) is 0 Å². The van der Waals surface area contributed by atoms with Crippen LogP contribution < -0.4 is 10.6 Å². The Balaban J connectivity index is 3.98. The molecule has 0 saturated heterocycles. The molecule has 0 aliphatic heterocycles. The number of carboxylic acids is 1. The van der Waals surface area contributed by atoms with Gasteiger partial charge >= 0.3 is 11.9 Å². The molecule has 1 unspecified atom stereocenters. The largest absolute Gasteiger partial charge is 0.480 e. The number of nitrogens with one attached hydrogen (secondary N) is 2. The molecule has 8 nitrogen and oxygen atoms in total. The summed E-state index contributed by atoms with van der Waals surface area (Å²) in [7, 11) is 1.15. The van der Waals surface area contributed by atoms with Gasteiger partial charge < -0.3 is 20.5 Å². The number of carbonyl (C=O) groups is 4. The lowest BCUT2D eigenvalue weighted by Crippen LogP contribution is -2.48. The zero-order valence-electron chi connectivity index (χ0n) is 22.5. The van der Waals surface area contributed by atoms with E-state index in [0.717, 1.165) is 57.8 Å². The van der Waals surface area contributed by atoms with E-state index in [9.17, 15) is 24.3 Å². The number of methoxy groups -OCH3 is 1. The van der Waals surface area contributed by atoms with Crippen LogP contribution in [0.15, 0.2) is 85.1 Å². The maximum atomic E-state index is 11.9. The Morgan fingerprint density at radius 2 is 1.21 bits per heavy atom. The van der Waals surface area contributed by atoms with Crippen LogP contribution in [0.1, 0.15) is 58.3 Å². The molecule has 0 aliphatic carbocycles. The van der Waals surface area contributed by atoms with Crippen molar-refractivity contribution >= 4 is 23.8 Å². The number of esters is 1. The summed E-state index contributed by atoms with van der Waals surface area (Å²) in [5.41, 5.74) is 0. The molecule has 0 saturated carbocycles. The molecular formula is C30H42N2O6. The number of rotatable bonds is 20. The number of ether oxygens (including phenoxy) is 1. The van der Waals surface area contributed by atoms with Crippen molar-refractivity contribution in [1.29, 1.82) is 0 Å². The van der Waals surface area contributed by atoms with Crippen molar-refractivity contribution in [3.63, 3.8) is 0 Å². The lowest BCUT2D eigenvalue weighted by molar-refractivity contribution is -0.141. The van der Waals surface area contributed by atoms with E-state index in [1.165, 1.54) is 0 Å². The van der Waals surface area contributed by atoms with E-state index < -0.39 is 23.9 Å². The number of aliphatic carboxylic acids is 1. The van der Waals surface area contributed by atoms with E-state index in [1.54, 1.807) is 0 Å². The van der Waals surface area contributed by atoms with Gasteiger partial charge in [0, 0.05) is 25.1 Å². The number of amides is 2. The Morgan fingerprint density at radius 1 is 0.737 bits per heavy atom. The highest BCUT2D eigenvalue weighted by molar-refractivity contribution is 5.96. The average molecular weight is 527 g/mol. The molecule has 0 aromatic carbocycles. The molecule has 0 bridgehead atoms. The summed E-state index contributed by atoms with van der Waals surface area (Å²) >= 11 is 0. The number of hydrogen-bond acceptors (Lipinski definition) is 5. The van der Waals surface area contributed by atoms with Crippen molar-refractivity contribution in [2.75, 3.05) is 13.7 Å². The van der Waals surface area contributed by atoms with Crippen LogP contribution in [0.25, 0.3) is 0 Å². The minimum atomic E-state index is -1.32. The van der Waals surface area contributed by atoms with Crippen molar-refractivity contribution < 1.29 is 29.0 Å². The van der Waals surface area contributed by atoms with E-state index in [4.69, 9.17) is 0 Å². The molecule has 0 rings (SSSR count). The Labute approximate surface area is 226 Å². The highest BCUT2D eigenvalue weighted by atomic mass is 16.5. The lowest BCUT2D eigenvalue weighted by atomic mass is 10.2. The smallest absolute Gasteiger partial charge is 0.330 e. The molecule has 0 aromatic heterocycles. The van der Waals surface area contributed by atoms with Crippen molar-refractivity contribution in [3.05, 3.63) is 85.1 Å². The van der Waals surface area contributed by atoms with Gasteiger partial charge in [0.05, 0.1) is 7.11 Å². The van der Waals surface area contributed by atoms with E-state index in [0.29, 0.717) is 6.42 Å². The van der Waals surface area contributed by atoms with Crippen LogP contribution >= 0.6 is 0 Å². The van der Waals surface area contributed by atoms with Crippen molar-refractivity contribution in [1.82, 2.24) is 10.6 Å². The summed E-state index contributed by atoms with van der Waals surface area (Å²) in [5, 5.41) is 13.9. The van der Waals surface area contributed by atoms with E-state index >= 15 is 0 Å². The summed E-state index contributed by atoms with van der Waals surface area (Å²) < 4.78 is 4.35. The van der Waals surface area contributed by atoms with Crippen LogP contribution in [0, 0.1) is 0 Å². The molecule has 0 fully saturated rings. The maximum Gasteiger partial charge on any atom is 0.330 e. The van der Waals surface area contributed by atoms with Gasteiger partial charge in [-0.25, -0.2) is 9.59 Å². The van der Waals surface area contributed by atoms with Crippen LogP contribution in [0.2, 0.25) is 0 Å². The van der Waals surface area contributed by atoms with Crippen LogP contribution in [-0.4, -0.2) is 48.6 Å². The fraction of sp³-hybridized carbons (Fsp3) is 0.400. The zero-order valence-corrected chi connectivity index (χ0v) is 22.5. The fourth-order valence-corrected chi connectivity index (χ4v) is 2.79. The van der Waals surface area contributed by atoms with Gasteiger partial charge in [-0.2, -0.15) is 0 Å². The minimum absolute atomic E-state index is 0.199. The maximum absolute atomic E-state index is 11.9. The second-order valence-electron chi connectivity index (χ2n) is 8.01. The Hall–Kier alpha value is -3.94. The number of carboxylic acid groups (broad SMARTS) is 1. The Bertz CT molecular complexity index is 910. The Kier molecular flexibility index (Phi) is 22.2. The number of allylic oxidation sites excluding steroid dienone is 12. The van der Waals surface area contributed by atoms with Crippen molar-refractivity contribution in [2.24, 2.45) is 0 Å². The van der Waals surface area contributed by atoms with Crippen molar-refractivity contribution in [3.8, 4) is 0 Å². The molecule has 0 aromatic rings. The molecule has 0 aliphatic rings. The van der Waals surface area contributed by atoms with E-state index in [-0.39, 0.29) is 18.9 Å². The third-order valence-corrected chi connectivity index (χ3v) is 4.82. The molecule has 0 spiro atoms. The SMILES string of the molecule is CC/C=C\C/C=C\C/C=C\C/C=C\C/C=C\C/C=C\CCC(=O)NCC(NC(=O)/C=C/C(=O)OC)C(=O)O. The third-order valence-electron chi connectivity index (χ3n) is 4.82. The summed E-state index contributed by atoms with van der Waals surface area (Å²) in [6, 6.07) is -1.32. The standard InChI is InChI=1S/C30H42N2O6/c1-3-4-5-6-7-8-9-10-11-12-13-14-15-16-17-18-19-20-21-22-27(33)31-25-26(30(36)37)32-28(34)23-24-29(35)38-2/h4-5,7-8,10-11,13-14,16-17,19-20,23-24,26H,3,6,9,12,15,18,21-22,25H2,1-2H3,(H,31,33)(H,32,34)(H,36,37)/b5-4-,8-7-,11-10-,14-13-,17-16-,20-19-,24-23+. The molecule has 2 amide bonds. The first-order valence-electron chi connectivity index (χ1n) is 12.9. The first-order valence-corrected chi connectivity index (χ1v) is 12.9. The van der Waals surface area contributed by atoms with Crippen LogP contribution in [-0.2, 0) is 23.9 Å². The monoisotopic (exact) mass is 526 g/mol. The third kappa shape index (κ3) is 22.5. The normalized spacial score (nSPS) is 13.1. The summed E-state index contributed by atoms with van der Waals surface area (Å²) in [5.74, 6) is -3.15. The van der Waals surface area contributed by atoms with Gasteiger partial charge in [-0.1, -0.05) is 79.8 Å². The van der Waals surface area contributed by atoms with Crippen LogP contribution in [0.4, 0.5) is 0 Å². The highest BCUT2D eigenvalue weighted by Gasteiger charge is 2.19. The van der Waals surface area contributed by atoms with Gasteiger partial charge in [0.2, 0.25) is 11.8 Å². The van der Waals surface area contributed by atoms with Gasteiger partial charge in [0.15, 0.2) is 0 Å². The fourth-order valence-electron chi connectivity index (χ4n) is 2.79. The van der Waals surface area contributed by atoms with E-state index in [2.05, 4.69) is 83.1 Å². The summed E-state index contributed by atoms with van der Waals surface area (Å²) in [4.78, 5) is 45.9.